The van der Waals surface area contributed by atoms with Crippen molar-refractivity contribution >= 4 is 28.5 Å². The Hall–Kier alpha value is -3.23. The average molecular weight is 412 g/mol. The van der Waals surface area contributed by atoms with E-state index in [1.54, 1.807) is 16.9 Å². The van der Waals surface area contributed by atoms with Gasteiger partial charge in [0.15, 0.2) is 11.3 Å². The lowest BCUT2D eigenvalue weighted by Gasteiger charge is -2.10. The third-order valence-electron chi connectivity index (χ3n) is 4.67. The predicted octanol–water partition coefficient (Wildman–Crippen LogP) is 3.24. The average Bonchev–Trinajstić information content (AvgIpc) is 3.21. The van der Waals surface area contributed by atoms with Crippen LogP contribution in [-0.2, 0) is 6.54 Å². The highest BCUT2D eigenvalue weighted by Gasteiger charge is 2.23. The Balaban J connectivity index is 2.04. The molecule has 0 aliphatic heterocycles. The van der Waals surface area contributed by atoms with Gasteiger partial charge in [-0.15, -0.1) is 0 Å². The van der Waals surface area contributed by atoms with E-state index in [1.807, 2.05) is 53.1 Å². The molecule has 0 spiro atoms. The number of amides is 2. The molecule has 3 rings (SSSR count). The normalized spacial score (nSPS) is 11.5. The summed E-state index contributed by atoms with van der Waals surface area (Å²) >= 11 is 0. The third-order valence-corrected chi connectivity index (χ3v) is 4.67. The van der Waals surface area contributed by atoms with Gasteiger partial charge in [-0.2, -0.15) is 10.2 Å². The molecule has 0 saturated heterocycles. The Morgan fingerprint density at radius 1 is 1.10 bits per heavy atom. The number of pyridine rings is 1. The van der Waals surface area contributed by atoms with Gasteiger partial charge in [0.25, 0.3) is 11.8 Å². The summed E-state index contributed by atoms with van der Waals surface area (Å²) < 4.78 is 3.45. The van der Waals surface area contributed by atoms with Crippen molar-refractivity contribution < 1.29 is 9.59 Å². The molecule has 3 aromatic rings. The van der Waals surface area contributed by atoms with Gasteiger partial charge in [0.2, 0.25) is 0 Å². The number of aromatic nitrogens is 5. The van der Waals surface area contributed by atoms with Crippen LogP contribution in [0.25, 0.3) is 11.0 Å². The van der Waals surface area contributed by atoms with Crippen LogP contribution in [-0.4, -0.2) is 42.4 Å². The van der Waals surface area contributed by atoms with Gasteiger partial charge in [-0.25, -0.2) is 9.67 Å². The van der Waals surface area contributed by atoms with Crippen molar-refractivity contribution in [1.82, 2.24) is 29.9 Å². The molecule has 0 bridgehead atoms. The summed E-state index contributed by atoms with van der Waals surface area (Å²) in [6.07, 6.45) is 1.67. The summed E-state index contributed by atoms with van der Waals surface area (Å²) in [7, 11) is 0. The molecule has 0 fully saturated rings. The number of hydrogen-bond acceptors (Lipinski definition) is 5. The summed E-state index contributed by atoms with van der Waals surface area (Å²) in [5.74, 6) is -0.654. The van der Waals surface area contributed by atoms with Gasteiger partial charge in [-0.3, -0.25) is 14.3 Å². The van der Waals surface area contributed by atoms with Crippen molar-refractivity contribution in [2.75, 3.05) is 5.32 Å². The molecule has 2 N–H and O–H groups in total. The molecule has 0 aliphatic carbocycles. The Kier molecular flexibility index (Phi) is 5.91. The highest BCUT2D eigenvalue weighted by molar-refractivity contribution is 6.14. The van der Waals surface area contributed by atoms with Crippen LogP contribution in [0.4, 0.5) is 5.69 Å². The van der Waals surface area contributed by atoms with Crippen molar-refractivity contribution in [1.29, 1.82) is 0 Å². The van der Waals surface area contributed by atoms with Crippen LogP contribution in [0.15, 0.2) is 12.3 Å². The van der Waals surface area contributed by atoms with Crippen molar-refractivity contribution in [2.24, 2.45) is 0 Å². The number of carbonyl (C=O) groups is 2. The first-order chi connectivity index (χ1) is 14.1. The topological polar surface area (TPSA) is 107 Å². The van der Waals surface area contributed by atoms with Crippen LogP contribution < -0.4 is 10.6 Å². The first kappa shape index (κ1) is 21.5. The summed E-state index contributed by atoms with van der Waals surface area (Å²) in [5, 5.41) is 15.3. The predicted molar refractivity (Wildman–Crippen MR) is 116 cm³/mol. The van der Waals surface area contributed by atoms with Crippen LogP contribution in [0.5, 0.6) is 0 Å². The van der Waals surface area contributed by atoms with E-state index < -0.39 is 0 Å². The molecule has 9 heteroatoms. The molecule has 30 heavy (non-hydrogen) atoms. The molecule has 2 amide bonds. The number of rotatable bonds is 6. The standard InChI is InChI=1S/C21H29N7O2/c1-8-27-10-16(18(26-27)21(30)22-11(2)3)24-20(29)15-9-13(6)23-19-17(15)14(7)25-28(19)12(4)5/h9-12H,8H2,1-7H3,(H,22,30)(H,24,29). The van der Waals surface area contributed by atoms with Crippen molar-refractivity contribution in [3.8, 4) is 0 Å². The van der Waals surface area contributed by atoms with Crippen molar-refractivity contribution in [2.45, 2.75) is 67.1 Å². The van der Waals surface area contributed by atoms with E-state index in [-0.39, 0.29) is 29.6 Å². The molecule has 0 atom stereocenters. The summed E-state index contributed by atoms with van der Waals surface area (Å²) in [4.78, 5) is 30.4. The number of nitrogens with zero attached hydrogens (tertiary/aromatic N) is 5. The fraction of sp³-hybridized carbons (Fsp3) is 0.476. The lowest BCUT2D eigenvalue weighted by molar-refractivity contribution is 0.0938. The monoisotopic (exact) mass is 411 g/mol. The highest BCUT2D eigenvalue weighted by atomic mass is 16.2. The molecular weight excluding hydrogens is 382 g/mol. The summed E-state index contributed by atoms with van der Waals surface area (Å²) in [5.41, 5.74) is 3.16. The Labute approximate surface area is 175 Å². The minimum absolute atomic E-state index is 0.0418. The molecule has 160 valence electrons. The van der Waals surface area contributed by atoms with Gasteiger partial charge in [-0.1, -0.05) is 0 Å². The summed E-state index contributed by atoms with van der Waals surface area (Å²) in [6, 6.07) is 1.81. The van der Waals surface area contributed by atoms with Gasteiger partial charge in [0, 0.05) is 30.5 Å². The quantitative estimate of drug-likeness (QED) is 0.648. The van der Waals surface area contributed by atoms with E-state index in [2.05, 4.69) is 25.8 Å². The van der Waals surface area contributed by atoms with Crippen LogP contribution in [0.1, 0.15) is 72.9 Å². The Bertz CT molecular complexity index is 1110. The van der Waals surface area contributed by atoms with Gasteiger partial charge < -0.3 is 10.6 Å². The number of nitrogens with one attached hydrogen (secondary N) is 2. The van der Waals surface area contributed by atoms with E-state index in [9.17, 15) is 9.59 Å². The molecule has 0 aliphatic rings. The second-order valence-corrected chi connectivity index (χ2v) is 7.96. The highest BCUT2D eigenvalue weighted by Crippen LogP contribution is 2.26. The fourth-order valence-electron chi connectivity index (χ4n) is 3.34. The summed E-state index contributed by atoms with van der Waals surface area (Å²) in [6.45, 7) is 14.0. The van der Waals surface area contributed by atoms with Crippen LogP contribution >= 0.6 is 0 Å². The van der Waals surface area contributed by atoms with Crippen LogP contribution in [0.3, 0.4) is 0 Å². The molecule has 3 aromatic heterocycles. The smallest absolute Gasteiger partial charge is 0.274 e. The SMILES string of the molecule is CCn1cc(NC(=O)c2cc(C)nc3c2c(C)nn3C(C)C)c(C(=O)NC(C)C)n1. The maximum absolute atomic E-state index is 13.3. The number of fused-ring (bicyclic) bond motifs is 1. The van der Waals surface area contributed by atoms with Gasteiger partial charge in [-0.05, 0) is 54.5 Å². The third kappa shape index (κ3) is 4.05. The first-order valence-corrected chi connectivity index (χ1v) is 10.2. The van der Waals surface area contributed by atoms with Crippen molar-refractivity contribution in [3.05, 3.63) is 34.9 Å². The fourth-order valence-corrected chi connectivity index (χ4v) is 3.34. The Morgan fingerprint density at radius 3 is 2.40 bits per heavy atom. The minimum atomic E-state index is -0.328. The number of anilines is 1. The molecule has 0 unspecified atom stereocenters. The molecule has 0 radical (unpaired) electrons. The van der Waals surface area contributed by atoms with Crippen molar-refractivity contribution in [3.63, 3.8) is 0 Å². The second kappa shape index (κ2) is 8.25. The maximum Gasteiger partial charge on any atom is 0.274 e. The van der Waals surface area contributed by atoms with E-state index in [0.717, 1.165) is 11.4 Å². The van der Waals surface area contributed by atoms with E-state index in [1.165, 1.54) is 0 Å². The lowest BCUT2D eigenvalue weighted by Crippen LogP contribution is -2.31. The molecule has 0 saturated carbocycles. The zero-order valence-corrected chi connectivity index (χ0v) is 18.6. The van der Waals surface area contributed by atoms with E-state index in [4.69, 9.17) is 0 Å². The lowest BCUT2D eigenvalue weighted by atomic mass is 10.1. The molecule has 9 nitrogen and oxygen atoms in total. The number of aryl methyl sites for hydroxylation is 3. The zero-order valence-electron chi connectivity index (χ0n) is 18.6. The van der Waals surface area contributed by atoms with Gasteiger partial charge in [0.1, 0.15) is 0 Å². The number of hydrogen-bond donors (Lipinski definition) is 2. The minimum Gasteiger partial charge on any atom is -0.348 e. The first-order valence-electron chi connectivity index (χ1n) is 10.2. The Morgan fingerprint density at radius 2 is 1.80 bits per heavy atom. The molecule has 0 aromatic carbocycles. The van der Waals surface area contributed by atoms with Gasteiger partial charge >= 0.3 is 0 Å². The van der Waals surface area contributed by atoms with Crippen LogP contribution in [0, 0.1) is 13.8 Å². The zero-order chi connectivity index (χ0) is 22.2. The van der Waals surface area contributed by atoms with Crippen LogP contribution in [0.2, 0.25) is 0 Å². The van der Waals surface area contributed by atoms with Gasteiger partial charge in [0.05, 0.1) is 22.3 Å². The maximum atomic E-state index is 13.3. The number of carbonyl (C=O) groups excluding carboxylic acids is 2. The molecule has 3 heterocycles. The van der Waals surface area contributed by atoms with E-state index >= 15 is 0 Å². The molecular formula is C21H29N7O2. The second-order valence-electron chi connectivity index (χ2n) is 7.96. The largest absolute Gasteiger partial charge is 0.348 e. The van der Waals surface area contributed by atoms with E-state index in [0.29, 0.717) is 28.8 Å².